The zero-order chi connectivity index (χ0) is 12.9. The Morgan fingerprint density at radius 3 is 1.94 bits per heavy atom. The van der Waals surface area contributed by atoms with Crippen LogP contribution in [0.5, 0.6) is 0 Å². The zero-order valence-electron chi connectivity index (χ0n) is 9.21. The van der Waals surface area contributed by atoms with Gasteiger partial charge in [0, 0.05) is 10.8 Å². The van der Waals surface area contributed by atoms with Crippen LogP contribution in [0.2, 0.25) is 0 Å². The lowest BCUT2D eigenvalue weighted by Crippen LogP contribution is -2.68. The van der Waals surface area contributed by atoms with Crippen molar-refractivity contribution in [3.05, 3.63) is 14.7 Å². The molecule has 1 aromatic rings. The van der Waals surface area contributed by atoms with Crippen LogP contribution in [0.3, 0.4) is 0 Å². The molecule has 0 N–H and O–H groups in total. The number of halogens is 1. The Morgan fingerprint density at radius 2 is 1.53 bits per heavy atom. The highest BCUT2D eigenvalue weighted by Crippen LogP contribution is 1.95. The number of nitrogens with zero attached hydrogens (tertiary/aromatic N) is 2. The number of hydrogen-bond acceptors (Lipinski definition) is 7. The van der Waals surface area contributed by atoms with E-state index < -0.39 is 10.2 Å². The highest BCUT2D eigenvalue weighted by molar-refractivity contribution is 7.24. The first kappa shape index (κ1) is 15.0. The van der Waals surface area contributed by atoms with E-state index in [1.54, 1.807) is 0 Å². The van der Waals surface area contributed by atoms with Crippen molar-refractivity contribution in [2.75, 3.05) is 33.2 Å². The van der Waals surface area contributed by atoms with Crippen LogP contribution in [-0.2, 0) is 0 Å². The van der Waals surface area contributed by atoms with Crippen molar-refractivity contribution in [1.29, 1.82) is 0 Å². The summed E-state index contributed by atoms with van der Waals surface area (Å²) in [5.74, 6) is 0. The molecule has 1 aromatic heterocycles. The van der Waals surface area contributed by atoms with E-state index >= 15 is 0 Å². The van der Waals surface area contributed by atoms with Crippen LogP contribution in [0.25, 0.3) is 0 Å². The fourth-order valence-electron chi connectivity index (χ4n) is 1.34. The van der Waals surface area contributed by atoms with Gasteiger partial charge in [-0.25, -0.2) is 23.2 Å². The van der Waals surface area contributed by atoms with Crippen molar-refractivity contribution in [3.8, 4) is 0 Å². The number of piperazine rings is 1. The predicted molar refractivity (Wildman–Crippen MR) is 54.7 cm³/mol. The van der Waals surface area contributed by atoms with Crippen LogP contribution in [0.4, 0.5) is 0 Å². The van der Waals surface area contributed by atoms with Gasteiger partial charge in [-0.1, -0.05) is 22.7 Å². The van der Waals surface area contributed by atoms with Gasteiger partial charge in [0.05, 0.1) is 13.1 Å². The van der Waals surface area contributed by atoms with Gasteiger partial charge in [0.2, 0.25) is 0 Å². The summed E-state index contributed by atoms with van der Waals surface area (Å²) < 4.78 is 37.9. The Labute approximate surface area is 109 Å². The lowest BCUT2D eigenvalue weighted by atomic mass is 10.4. The van der Waals surface area contributed by atoms with E-state index in [9.17, 15) is 0 Å². The van der Waals surface area contributed by atoms with Crippen molar-refractivity contribution in [1.82, 2.24) is 9.48 Å². The van der Waals surface area contributed by atoms with E-state index in [1.165, 1.54) is 30.2 Å². The summed E-state index contributed by atoms with van der Waals surface area (Å²) >= 11 is 3.71. The lowest BCUT2D eigenvalue weighted by Gasteiger charge is -2.19. The van der Waals surface area contributed by atoms with Gasteiger partial charge in [0.25, 0.3) is 0 Å². The molecule has 1 fully saturated rings. The average molecular weight is 301 g/mol. The fraction of sp³-hybridized carbons (Fsp3) is 0.625. The van der Waals surface area contributed by atoms with E-state index in [-0.39, 0.29) is 0 Å². The number of likely N-dealkylation sites (N-methyl/N-ethyl adjacent to an activating group) is 1. The molecule has 17 heavy (non-hydrogen) atoms. The van der Waals surface area contributed by atoms with E-state index in [0.717, 1.165) is 0 Å². The van der Waals surface area contributed by atoms with Gasteiger partial charge in [-0.3, -0.25) is 4.90 Å². The van der Waals surface area contributed by atoms with Crippen LogP contribution in [0, 0.1) is 10.2 Å². The summed E-state index contributed by atoms with van der Waals surface area (Å²) in [6, 6.07) is 0. The third kappa shape index (κ3) is 7.06. The summed E-state index contributed by atoms with van der Waals surface area (Å²) in [4.78, 5) is 2.38. The first-order valence-corrected chi connectivity index (χ1v) is 7.76. The Kier molecular flexibility index (Phi) is 5.97. The number of rotatable bonds is 0. The molecule has 2 heterocycles. The topological polar surface area (TPSA) is 98.5 Å². The molecule has 0 radical (unpaired) electrons. The molecule has 0 spiro atoms. The van der Waals surface area contributed by atoms with Crippen LogP contribution in [0.15, 0.2) is 10.8 Å². The molecule has 0 amide bonds. The van der Waals surface area contributed by atoms with Gasteiger partial charge >= 0.3 is 3.98 Å². The molecule has 0 bridgehead atoms. The summed E-state index contributed by atoms with van der Waals surface area (Å²) in [6.45, 7) is 4.77. The predicted octanol–water partition coefficient (Wildman–Crippen LogP) is -4.23. The standard InChI is InChI=1S/C8H13N2S2.ClHO4/c1-9-2-4-10(5-3-9)8-11-6-7-12-8;2-1(3,4)5/h6-7H,2-5H2,1H3;(H,2,3,4,5)/q+1;/p-1. The Bertz CT molecular complexity index is 368. The fourth-order valence-corrected chi connectivity index (χ4v) is 3.23. The number of hydrogen-bond donors (Lipinski definition) is 0. The first-order valence-electron chi connectivity index (χ1n) is 4.77. The molecule has 1 saturated heterocycles. The van der Waals surface area contributed by atoms with Crippen molar-refractivity contribution in [3.63, 3.8) is 0 Å². The molecular formula is C8H13ClN2O4S2. The third-order valence-corrected chi connectivity index (χ3v) is 4.37. The minimum Gasteiger partial charge on any atom is -0.294 e. The Hall–Kier alpha value is -0.0600. The van der Waals surface area contributed by atoms with Gasteiger partial charge in [-0.2, -0.15) is 0 Å². The molecule has 0 aromatic carbocycles. The van der Waals surface area contributed by atoms with Gasteiger partial charge < -0.3 is 0 Å². The smallest absolute Gasteiger partial charge is 0.294 e. The van der Waals surface area contributed by atoms with Gasteiger partial charge in [-0.15, -0.1) is 10.2 Å². The second-order valence-electron chi connectivity index (χ2n) is 3.44. The normalized spacial score (nSPS) is 17.6. The van der Waals surface area contributed by atoms with Gasteiger partial charge in [0.1, 0.15) is 0 Å². The van der Waals surface area contributed by atoms with Crippen LogP contribution >= 0.6 is 22.7 Å². The minimum absolute atomic E-state index is 1.19. The SMILES string of the molecule is CN1CC[N+](=c2sccs2)CC1.[O-][Cl+3]([O-])([O-])[O-]. The summed E-state index contributed by atoms with van der Waals surface area (Å²) in [7, 11) is -2.75. The van der Waals surface area contributed by atoms with Crippen LogP contribution in [-0.4, -0.2) is 38.1 Å². The van der Waals surface area contributed by atoms with E-state index in [1.807, 2.05) is 22.7 Å². The van der Waals surface area contributed by atoms with E-state index in [2.05, 4.69) is 27.3 Å². The second-order valence-corrected chi connectivity index (χ2v) is 6.25. The van der Waals surface area contributed by atoms with Gasteiger partial charge in [0.15, 0.2) is 13.1 Å². The zero-order valence-corrected chi connectivity index (χ0v) is 11.6. The first-order chi connectivity index (χ1) is 7.86. The largest absolute Gasteiger partial charge is 0.313 e. The maximum absolute atomic E-state index is 8.49. The average Bonchev–Trinajstić information content (AvgIpc) is 2.69. The molecule has 1 aliphatic rings. The Morgan fingerprint density at radius 1 is 1.12 bits per heavy atom. The van der Waals surface area contributed by atoms with Crippen molar-refractivity contribution in [2.24, 2.45) is 0 Å². The monoisotopic (exact) mass is 300 g/mol. The lowest BCUT2D eigenvalue weighted by molar-refractivity contribution is -2.00. The molecule has 2 rings (SSSR count). The summed E-state index contributed by atoms with van der Waals surface area (Å²) in [5.41, 5.74) is 0. The molecule has 0 unspecified atom stereocenters. The van der Waals surface area contributed by atoms with Gasteiger partial charge in [-0.05, 0) is 7.05 Å². The molecule has 6 nitrogen and oxygen atoms in total. The maximum atomic E-state index is 8.49. The molecule has 0 saturated carbocycles. The summed E-state index contributed by atoms with van der Waals surface area (Å²) in [6.07, 6.45) is 0. The molecule has 98 valence electrons. The maximum Gasteiger partial charge on any atom is 0.313 e. The van der Waals surface area contributed by atoms with Crippen molar-refractivity contribution >= 4 is 22.7 Å². The molecule has 9 heteroatoms. The van der Waals surface area contributed by atoms with E-state index in [0.29, 0.717) is 0 Å². The third-order valence-electron chi connectivity index (χ3n) is 2.15. The highest BCUT2D eigenvalue weighted by atomic mass is 35.7. The molecule has 1 aliphatic heterocycles. The van der Waals surface area contributed by atoms with Crippen LogP contribution in [0.1, 0.15) is 0 Å². The molecular weight excluding hydrogens is 288 g/mol. The molecule has 0 aliphatic carbocycles. The molecule has 0 atom stereocenters. The quantitative estimate of drug-likeness (QED) is 0.452. The van der Waals surface area contributed by atoms with Crippen molar-refractivity contribution < 1.29 is 28.9 Å². The minimum atomic E-state index is -4.94. The summed E-state index contributed by atoms with van der Waals surface area (Å²) in [5, 5.41) is 4.33. The van der Waals surface area contributed by atoms with E-state index in [4.69, 9.17) is 18.6 Å². The Balaban J connectivity index is 0.000000249. The van der Waals surface area contributed by atoms with Crippen molar-refractivity contribution in [2.45, 2.75) is 0 Å². The highest BCUT2D eigenvalue weighted by Gasteiger charge is 2.15. The second kappa shape index (κ2) is 6.76. The van der Waals surface area contributed by atoms with Crippen LogP contribution < -0.4 is 27.2 Å².